The van der Waals surface area contributed by atoms with Crippen molar-refractivity contribution in [3.05, 3.63) is 195 Å². The molecule has 15 heteroatoms. The number of aryl methyl sites for hydroxylation is 1. The highest BCUT2D eigenvalue weighted by molar-refractivity contribution is 7.16. The molecule has 0 atom stereocenters. The van der Waals surface area contributed by atoms with E-state index in [9.17, 15) is 19.2 Å². The van der Waals surface area contributed by atoms with Crippen LogP contribution in [0.3, 0.4) is 0 Å². The van der Waals surface area contributed by atoms with Crippen LogP contribution in [-0.4, -0.2) is 33.6 Å². The Balaban J connectivity index is 0.000000178. The molecule has 8 rings (SSSR count). The van der Waals surface area contributed by atoms with Crippen LogP contribution in [-0.2, 0) is 12.6 Å². The molecule has 0 amide bonds. The molecule has 58 heavy (non-hydrogen) atoms. The molecule has 0 radical (unpaired) electrons. The first-order chi connectivity index (χ1) is 27.8. The average Bonchev–Trinajstić information content (AvgIpc) is 3.71. The van der Waals surface area contributed by atoms with E-state index >= 15 is 8.78 Å². The average molecular weight is 812 g/mol. The summed E-state index contributed by atoms with van der Waals surface area (Å²) in [4.78, 5) is 65.7. The van der Waals surface area contributed by atoms with Gasteiger partial charge in [-0.1, -0.05) is 71.7 Å². The first-order valence-corrected chi connectivity index (χ1v) is 18.6. The van der Waals surface area contributed by atoms with E-state index in [-0.39, 0.29) is 27.3 Å². The minimum Gasteiger partial charge on any atom is -0.290 e. The van der Waals surface area contributed by atoms with Gasteiger partial charge in [0.2, 0.25) is 0 Å². The Kier molecular flexibility index (Phi) is 10.8. The number of fused-ring (bicyclic) bond motifs is 2. The predicted octanol–water partition coefficient (Wildman–Crippen LogP) is 6.14. The highest BCUT2D eigenvalue weighted by Gasteiger charge is 2.34. The van der Waals surface area contributed by atoms with Gasteiger partial charge >= 0.3 is 11.4 Å². The van der Waals surface area contributed by atoms with E-state index in [0.717, 1.165) is 26.8 Å². The van der Waals surface area contributed by atoms with E-state index in [1.807, 2.05) is 36.4 Å². The summed E-state index contributed by atoms with van der Waals surface area (Å²) in [5.41, 5.74) is -0.327. The van der Waals surface area contributed by atoms with Gasteiger partial charge in [0.25, 0.3) is 11.1 Å². The van der Waals surface area contributed by atoms with Gasteiger partial charge in [0.1, 0.15) is 16.5 Å². The molecular weight excluding hydrogens is 784 g/mol. The minimum atomic E-state index is -1.66. The highest BCUT2D eigenvalue weighted by Crippen LogP contribution is 2.29. The summed E-state index contributed by atoms with van der Waals surface area (Å²) in [5, 5.41) is 0.267. The van der Waals surface area contributed by atoms with Gasteiger partial charge in [0.05, 0.1) is 21.8 Å². The molecule has 0 fully saturated rings. The number of benzene rings is 4. The van der Waals surface area contributed by atoms with Gasteiger partial charge in [0, 0.05) is 47.3 Å². The Morgan fingerprint density at radius 1 is 0.707 bits per heavy atom. The van der Waals surface area contributed by atoms with Crippen molar-refractivity contribution in [2.24, 2.45) is 7.05 Å². The van der Waals surface area contributed by atoms with Crippen molar-refractivity contribution < 1.29 is 8.78 Å². The van der Waals surface area contributed by atoms with Gasteiger partial charge in [-0.05, 0) is 68.4 Å². The lowest BCUT2D eigenvalue weighted by molar-refractivity contribution is 0.366. The van der Waals surface area contributed by atoms with Gasteiger partial charge in [-0.25, -0.2) is 42.5 Å². The molecule has 0 aliphatic heterocycles. The van der Waals surface area contributed by atoms with E-state index in [0.29, 0.717) is 21.6 Å². The normalized spacial score (nSPS) is 10.9. The first-order valence-electron chi connectivity index (χ1n) is 17.3. The maximum absolute atomic E-state index is 15.0. The zero-order valence-electron chi connectivity index (χ0n) is 30.8. The second kappa shape index (κ2) is 16.1. The number of nitrogens with one attached hydrogen (secondary N) is 1. The van der Waals surface area contributed by atoms with Crippen LogP contribution in [0.15, 0.2) is 128 Å². The summed E-state index contributed by atoms with van der Waals surface area (Å²) in [7, 11) is 1.60. The molecule has 0 aliphatic carbocycles. The number of rotatable bonds is 3. The number of halogens is 3. The molecular formula is C43H28ClF2N7O4S. The van der Waals surface area contributed by atoms with Gasteiger partial charge in [0.15, 0.2) is 16.7 Å². The van der Waals surface area contributed by atoms with Crippen molar-refractivity contribution in [3.8, 4) is 29.4 Å². The van der Waals surface area contributed by atoms with Crippen LogP contribution in [0.2, 0.25) is 5.02 Å². The smallest absolute Gasteiger partial charge is 0.290 e. The maximum Gasteiger partial charge on any atom is 0.336 e. The summed E-state index contributed by atoms with van der Waals surface area (Å²) in [6, 6.07) is 25.7. The number of H-pyrrole nitrogens is 1. The lowest BCUT2D eigenvalue weighted by Gasteiger charge is -2.28. The van der Waals surface area contributed by atoms with Crippen LogP contribution < -0.4 is 22.5 Å². The van der Waals surface area contributed by atoms with Crippen molar-refractivity contribution in [3.63, 3.8) is 0 Å². The summed E-state index contributed by atoms with van der Waals surface area (Å²) >= 11 is 7.62. The largest absolute Gasteiger partial charge is 0.336 e. The van der Waals surface area contributed by atoms with Gasteiger partial charge in [-0.2, -0.15) is 0 Å². The summed E-state index contributed by atoms with van der Waals surface area (Å²) in [6.45, 7) is 2.76. The van der Waals surface area contributed by atoms with Crippen molar-refractivity contribution in [1.29, 1.82) is 0 Å². The van der Waals surface area contributed by atoms with E-state index in [2.05, 4.69) is 43.6 Å². The Bertz CT molecular complexity index is 3240. The SMILES string of the molecule is CC(C)(c1c(F)cc(C#Cc2ccccc2)cc1F)n1c(=O)[nH]c2nccnc2c1=O.Cn1c(=O)n(-c2ccc(C#Cc3ccccc3)cc2Cl)c(=O)c2ncsc21. The standard InChI is InChI=1S/C23H16F2N4O2.C20H12ClN3O2S/c1-23(2,29-21(30)19-20(28-22(29)31)27-11-10-26-19)18-16(24)12-15(13-17(18)25)9-8-14-6-4-3-5-7-14;1-23-19-17(22-12-27-19)18(25)24(20(23)26)16-10-9-14(11-15(16)21)8-7-13-5-3-2-4-6-13/h3-7,10-13H,1-2H3,(H,27,28,31);2-6,9-12H,1H3. The Hall–Kier alpha value is -7.26. The first kappa shape index (κ1) is 39.0. The van der Waals surface area contributed by atoms with Gasteiger partial charge < -0.3 is 0 Å². The molecule has 4 aromatic carbocycles. The second-order valence-corrected chi connectivity index (χ2v) is 14.3. The Morgan fingerprint density at radius 2 is 1.29 bits per heavy atom. The molecule has 1 N–H and O–H groups in total. The van der Waals surface area contributed by atoms with E-state index < -0.39 is 45.2 Å². The topological polar surface area (TPSA) is 138 Å². The van der Waals surface area contributed by atoms with Crippen molar-refractivity contribution in [1.82, 2.24) is 33.6 Å². The molecule has 286 valence electrons. The molecule has 11 nitrogen and oxygen atoms in total. The molecule has 0 saturated carbocycles. The number of aromatic nitrogens is 7. The Morgan fingerprint density at radius 3 is 1.91 bits per heavy atom. The van der Waals surface area contributed by atoms with Crippen LogP contribution in [0.4, 0.5) is 8.78 Å². The van der Waals surface area contributed by atoms with E-state index in [4.69, 9.17) is 11.6 Å². The van der Waals surface area contributed by atoms with Crippen molar-refractivity contribution in [2.45, 2.75) is 19.4 Å². The third-order valence-corrected chi connectivity index (χ3v) is 10.1. The summed E-state index contributed by atoms with van der Waals surface area (Å²) in [5.74, 6) is 9.79. The Labute approximate surface area is 336 Å². The molecule has 4 aromatic heterocycles. The van der Waals surface area contributed by atoms with Crippen LogP contribution >= 0.6 is 22.9 Å². The fourth-order valence-corrected chi connectivity index (χ4v) is 7.17. The highest BCUT2D eigenvalue weighted by atomic mass is 35.5. The van der Waals surface area contributed by atoms with E-state index in [1.165, 1.54) is 42.1 Å². The third kappa shape index (κ3) is 7.62. The van der Waals surface area contributed by atoms with Gasteiger partial charge in [-0.15, -0.1) is 11.3 Å². The molecule has 0 aliphatic rings. The number of aromatic amines is 1. The van der Waals surface area contributed by atoms with Crippen LogP contribution in [0.1, 0.15) is 41.7 Å². The van der Waals surface area contributed by atoms with Crippen molar-refractivity contribution in [2.75, 3.05) is 0 Å². The molecule has 8 aromatic rings. The molecule has 0 spiro atoms. The molecule has 0 unspecified atom stereocenters. The molecule has 0 saturated heterocycles. The monoisotopic (exact) mass is 811 g/mol. The maximum atomic E-state index is 15.0. The van der Waals surface area contributed by atoms with Crippen LogP contribution in [0, 0.1) is 35.3 Å². The third-order valence-electron chi connectivity index (χ3n) is 8.92. The minimum absolute atomic E-state index is 0.00275. The van der Waals surface area contributed by atoms with Crippen LogP contribution in [0.5, 0.6) is 0 Å². The van der Waals surface area contributed by atoms with Gasteiger partial charge in [-0.3, -0.25) is 19.1 Å². The predicted molar refractivity (Wildman–Crippen MR) is 220 cm³/mol. The number of hydrogen-bond donors (Lipinski definition) is 1. The van der Waals surface area contributed by atoms with Crippen molar-refractivity contribution >= 4 is 44.4 Å². The molecule has 4 heterocycles. The summed E-state index contributed by atoms with van der Waals surface area (Å²) < 4.78 is 33.2. The van der Waals surface area contributed by atoms with E-state index in [1.54, 1.807) is 55.0 Å². The number of nitrogens with zero attached hydrogens (tertiary/aromatic N) is 6. The summed E-state index contributed by atoms with van der Waals surface area (Å²) in [6.07, 6.45) is 2.61. The zero-order chi connectivity index (χ0) is 41.1. The number of thiazole rings is 1. The quantitative estimate of drug-likeness (QED) is 0.212. The second-order valence-electron chi connectivity index (χ2n) is 13.1. The zero-order valence-corrected chi connectivity index (χ0v) is 32.3. The molecule has 0 bridgehead atoms. The lowest BCUT2D eigenvalue weighted by atomic mass is 9.91. The lowest BCUT2D eigenvalue weighted by Crippen LogP contribution is -2.48. The van der Waals surface area contributed by atoms with Crippen LogP contribution in [0.25, 0.3) is 27.2 Å². The number of hydrogen-bond acceptors (Lipinski definition) is 8. The fourth-order valence-electron chi connectivity index (χ4n) is 6.15. The fraction of sp³-hybridized carbons (Fsp3) is 0.0930.